The van der Waals surface area contributed by atoms with Gasteiger partial charge in [-0.1, -0.05) is 68.2 Å². The van der Waals surface area contributed by atoms with Gasteiger partial charge in [-0.2, -0.15) is 35.4 Å². The first-order valence-corrected chi connectivity index (χ1v) is 17.9. The molecule has 0 radical (unpaired) electrons. The van der Waals surface area contributed by atoms with Gasteiger partial charge in [0.05, 0.1) is 0 Å². The van der Waals surface area contributed by atoms with Crippen LogP contribution < -0.4 is 0 Å². The van der Waals surface area contributed by atoms with Gasteiger partial charge in [-0.25, -0.2) is 6.08 Å². The van der Waals surface area contributed by atoms with Gasteiger partial charge in [0.1, 0.15) is 0 Å². The van der Waals surface area contributed by atoms with Gasteiger partial charge in [-0.3, -0.25) is 6.08 Å². The van der Waals surface area contributed by atoms with Crippen LogP contribution >= 0.6 is 48.0 Å². The third-order valence-corrected chi connectivity index (χ3v) is 10.1. The molecule has 0 aromatic heterocycles. The Hall–Kier alpha value is -2.38. The van der Waals surface area contributed by atoms with E-state index in [1.807, 2.05) is 42.5 Å². The van der Waals surface area contributed by atoms with Crippen LogP contribution in [0.1, 0.15) is 60.6 Å². The van der Waals surface area contributed by atoms with Crippen LogP contribution in [0.3, 0.4) is 0 Å². The third-order valence-electron chi connectivity index (χ3n) is 7.12. The summed E-state index contributed by atoms with van der Waals surface area (Å²) in [6.07, 6.45) is 13.2. The average molecular weight is 752 g/mol. The summed E-state index contributed by atoms with van der Waals surface area (Å²) in [7, 11) is 0. The first kappa shape index (κ1) is 38.8. The molecule has 4 aromatic carbocycles. The predicted octanol–water partition coefficient (Wildman–Crippen LogP) is 12.0. The van der Waals surface area contributed by atoms with Gasteiger partial charge in [0.25, 0.3) is 0 Å². The Morgan fingerprint density at radius 2 is 1.27 bits per heavy atom. The van der Waals surface area contributed by atoms with E-state index in [0.717, 1.165) is 28.5 Å². The van der Waals surface area contributed by atoms with E-state index in [9.17, 15) is 0 Å². The van der Waals surface area contributed by atoms with Crippen LogP contribution in [0, 0.1) is 17.6 Å². The standard InChI is InChI=1S/C17H13.C9H13.2C7H5Cl.2ClH.Zr/c1-3-12-5-7-14-11-15-8-6-13(4-2)10-17(15)16(14)9-12;1-9(2,3)8-6-4-5-7-8;2*1-6-2-4-7(8)5-3-6;;;/h3-7,9-10H,1-2,11H2;6-7H,4H2,1-3H3;2*1-5H;2*1H;/q2*-1;;;;;. The van der Waals surface area contributed by atoms with Crippen molar-refractivity contribution in [3.05, 3.63) is 165 Å². The Bertz CT molecular complexity index is 1610. The molecule has 45 heavy (non-hydrogen) atoms. The molecule has 0 amide bonds. The Balaban J connectivity index is 0.000000241. The second kappa shape index (κ2) is 18.7. The molecule has 0 nitrogen and oxygen atoms in total. The summed E-state index contributed by atoms with van der Waals surface area (Å²) >= 11 is 11.0. The minimum atomic E-state index is -0.623. The van der Waals surface area contributed by atoms with E-state index >= 15 is 0 Å². The molecule has 4 aromatic rings. The van der Waals surface area contributed by atoms with Crippen molar-refractivity contribution in [2.75, 3.05) is 0 Å². The Morgan fingerprint density at radius 1 is 0.733 bits per heavy atom. The van der Waals surface area contributed by atoms with Gasteiger partial charge in [-0.05, 0) is 12.0 Å². The number of rotatable bonds is 4. The number of halogens is 4. The van der Waals surface area contributed by atoms with Gasteiger partial charge in [0.15, 0.2) is 0 Å². The van der Waals surface area contributed by atoms with E-state index in [-0.39, 0.29) is 24.8 Å². The maximum absolute atomic E-state index is 5.84. The van der Waals surface area contributed by atoms with Crippen molar-refractivity contribution in [3.8, 4) is 11.1 Å². The van der Waals surface area contributed by atoms with Crippen LogP contribution in [0.25, 0.3) is 23.3 Å². The summed E-state index contributed by atoms with van der Waals surface area (Å²) in [5.74, 6) is 0. The Kier molecular flexibility index (Phi) is 16.1. The van der Waals surface area contributed by atoms with Crippen LogP contribution in [-0.4, -0.2) is 7.42 Å². The van der Waals surface area contributed by atoms with Gasteiger partial charge >= 0.3 is 123 Å². The monoisotopic (exact) mass is 748 g/mol. The fourth-order valence-corrected chi connectivity index (χ4v) is 6.98. The molecule has 0 atom stereocenters. The second-order valence-corrected chi connectivity index (χ2v) is 14.5. The van der Waals surface area contributed by atoms with Crippen molar-refractivity contribution in [3.63, 3.8) is 0 Å². The molecule has 0 spiro atoms. The molecule has 0 aliphatic heterocycles. The zero-order valence-electron chi connectivity index (χ0n) is 25.9. The predicted molar refractivity (Wildman–Crippen MR) is 201 cm³/mol. The van der Waals surface area contributed by atoms with Crippen LogP contribution in [0.2, 0.25) is 10.0 Å². The van der Waals surface area contributed by atoms with Crippen molar-refractivity contribution < 1.29 is 22.3 Å². The van der Waals surface area contributed by atoms with Crippen LogP contribution in [0.15, 0.2) is 110 Å². The summed E-state index contributed by atoms with van der Waals surface area (Å²) in [5, 5.41) is 1.57. The van der Waals surface area contributed by atoms with Crippen molar-refractivity contribution >= 4 is 67.6 Å². The van der Waals surface area contributed by atoms with Crippen LogP contribution in [-0.2, 0) is 28.7 Å². The van der Waals surface area contributed by atoms with E-state index in [0.29, 0.717) is 5.41 Å². The first-order chi connectivity index (χ1) is 20.7. The molecule has 2 aliphatic rings. The molecule has 0 saturated heterocycles. The van der Waals surface area contributed by atoms with Gasteiger partial charge in [-0.15, -0.1) is 55.0 Å². The van der Waals surface area contributed by atoms with E-state index in [1.165, 1.54) is 44.5 Å². The molecule has 232 valence electrons. The molecular weight excluding hydrogens is 713 g/mol. The quantitative estimate of drug-likeness (QED) is 0.160. The minimum absolute atomic E-state index is 0. The molecular formula is C40H38Cl4Zr-2. The number of benzene rings is 4. The third kappa shape index (κ3) is 11.7. The summed E-state index contributed by atoms with van der Waals surface area (Å²) in [4.78, 5) is 0. The molecule has 0 fully saturated rings. The Morgan fingerprint density at radius 3 is 1.73 bits per heavy atom. The van der Waals surface area contributed by atoms with Gasteiger partial charge in [0.2, 0.25) is 0 Å². The first-order valence-electron chi connectivity index (χ1n) is 14.3. The van der Waals surface area contributed by atoms with E-state index in [4.69, 9.17) is 23.2 Å². The number of allylic oxidation sites excluding steroid dienone is 4. The molecule has 0 unspecified atom stereocenters. The van der Waals surface area contributed by atoms with Crippen molar-refractivity contribution in [2.24, 2.45) is 5.41 Å². The average Bonchev–Trinajstić information content (AvgIpc) is 3.68. The zero-order chi connectivity index (χ0) is 30.8. The van der Waals surface area contributed by atoms with E-state index in [1.54, 1.807) is 0 Å². The molecule has 5 heteroatoms. The summed E-state index contributed by atoms with van der Waals surface area (Å²) < 4.78 is 4.66. The molecule has 2 aliphatic carbocycles. The van der Waals surface area contributed by atoms with Gasteiger partial charge in [0, 0.05) is 0 Å². The number of hydrogen-bond acceptors (Lipinski definition) is 0. The number of fused-ring (bicyclic) bond motifs is 3. The Labute approximate surface area is 302 Å². The van der Waals surface area contributed by atoms with Crippen molar-refractivity contribution in [1.82, 2.24) is 0 Å². The van der Waals surface area contributed by atoms with Crippen LogP contribution in [0.5, 0.6) is 0 Å². The summed E-state index contributed by atoms with van der Waals surface area (Å²) in [6.45, 7) is 14.3. The molecule has 0 bridgehead atoms. The summed E-state index contributed by atoms with van der Waals surface area (Å²) in [6, 6.07) is 30.0. The van der Waals surface area contributed by atoms with Gasteiger partial charge < -0.3 is 0 Å². The SMILES string of the molecule is C=Cc1c[c-]c2c(c1)-c1cc(C=C)ccc1C2.CC(C)(C)C1=CC[C-]=C1.Cl.Cl.Clc1ccc([CH]=[Zr]=[CH]c2ccc(Cl)cc2)cc1. The molecule has 0 saturated carbocycles. The van der Waals surface area contributed by atoms with Crippen molar-refractivity contribution in [1.29, 1.82) is 0 Å². The summed E-state index contributed by atoms with van der Waals surface area (Å²) in [5.41, 5.74) is 11.8. The van der Waals surface area contributed by atoms with E-state index in [2.05, 4.69) is 114 Å². The fourth-order valence-electron chi connectivity index (χ4n) is 4.64. The molecule has 0 N–H and O–H groups in total. The second-order valence-electron chi connectivity index (χ2n) is 11.3. The number of hydrogen-bond donors (Lipinski definition) is 0. The van der Waals surface area contributed by atoms with Crippen LogP contribution in [0.4, 0.5) is 0 Å². The van der Waals surface area contributed by atoms with E-state index < -0.39 is 22.3 Å². The van der Waals surface area contributed by atoms with Crippen molar-refractivity contribution in [2.45, 2.75) is 33.6 Å². The fraction of sp³-hybridized carbons (Fsp3) is 0.150. The maximum atomic E-state index is 5.84. The topological polar surface area (TPSA) is 0 Å². The normalized spacial score (nSPS) is 11.7. The molecule has 0 heterocycles. The molecule has 6 rings (SSSR count). The zero-order valence-corrected chi connectivity index (χ0v) is 31.5.